The van der Waals surface area contributed by atoms with Crippen LogP contribution in [0.1, 0.15) is 36.0 Å². The third-order valence-corrected chi connectivity index (χ3v) is 5.58. The Hall–Kier alpha value is -0.736. The summed E-state index contributed by atoms with van der Waals surface area (Å²) in [7, 11) is 0. The van der Waals surface area contributed by atoms with Crippen LogP contribution in [0, 0.1) is 13.8 Å². The Bertz CT molecular complexity index is 750. The monoisotopic (exact) mass is 460 g/mol. The molecule has 1 radical (unpaired) electrons. The van der Waals surface area contributed by atoms with Gasteiger partial charge in [-0.3, -0.25) is 4.79 Å². The molecule has 0 aliphatic carbocycles. The summed E-state index contributed by atoms with van der Waals surface area (Å²) in [5, 5.41) is 3.86. The number of carbonyl (C=O) groups is 1. The molecule has 0 bridgehead atoms. The largest absolute Gasteiger partial charge is 0.321 e. The zero-order valence-electron chi connectivity index (χ0n) is 16.3. The van der Waals surface area contributed by atoms with Crippen LogP contribution in [0.15, 0.2) is 42.5 Å². The zero-order valence-corrected chi connectivity index (χ0v) is 19.9. The van der Waals surface area contributed by atoms with Crippen LogP contribution in [0.5, 0.6) is 0 Å². The smallest absolute Gasteiger partial charge is 0.279 e. The van der Waals surface area contributed by atoms with E-state index in [1.165, 1.54) is 24.8 Å². The minimum atomic E-state index is 0. The number of aryl methyl sites for hydroxylation is 2. The number of quaternary nitrogens is 1. The Morgan fingerprint density at radius 2 is 1.63 bits per heavy atom. The number of benzene rings is 2. The SMILES string of the molecule is Cc1cc(Cl)cc(C)c1NC(=O)C[N+]1(Cc2ccccc2)CCCCC1.[Y]. The van der Waals surface area contributed by atoms with Crippen LogP contribution in [0.4, 0.5) is 5.69 Å². The summed E-state index contributed by atoms with van der Waals surface area (Å²) < 4.78 is 0.849. The van der Waals surface area contributed by atoms with Crippen LogP contribution in [-0.2, 0) is 44.0 Å². The Labute approximate surface area is 193 Å². The molecule has 27 heavy (non-hydrogen) atoms. The number of nitrogens with zero attached hydrogens (tertiary/aromatic N) is 1. The van der Waals surface area contributed by atoms with Gasteiger partial charge in [-0.1, -0.05) is 41.9 Å². The first-order valence-corrected chi connectivity index (χ1v) is 9.81. The van der Waals surface area contributed by atoms with E-state index in [1.54, 1.807) is 0 Å². The molecule has 3 nitrogen and oxygen atoms in total. The van der Waals surface area contributed by atoms with Crippen molar-refractivity contribution >= 4 is 23.2 Å². The van der Waals surface area contributed by atoms with Gasteiger partial charge in [0.25, 0.3) is 5.91 Å². The van der Waals surface area contributed by atoms with Crippen molar-refractivity contribution < 1.29 is 42.0 Å². The molecule has 0 atom stereocenters. The molecule has 1 saturated heterocycles. The third kappa shape index (κ3) is 6.12. The summed E-state index contributed by atoms with van der Waals surface area (Å²) in [6.45, 7) is 7.57. The first-order valence-electron chi connectivity index (χ1n) is 9.43. The molecule has 1 heterocycles. The van der Waals surface area contributed by atoms with Crippen LogP contribution in [0.25, 0.3) is 0 Å². The van der Waals surface area contributed by atoms with Crippen molar-refractivity contribution in [3.63, 3.8) is 0 Å². The van der Waals surface area contributed by atoms with Crippen molar-refractivity contribution in [3.8, 4) is 0 Å². The number of anilines is 1. The molecule has 3 rings (SSSR count). The average molecular weight is 461 g/mol. The van der Waals surface area contributed by atoms with Crippen LogP contribution in [0.2, 0.25) is 5.02 Å². The van der Waals surface area contributed by atoms with Crippen molar-refractivity contribution in [2.75, 3.05) is 25.0 Å². The van der Waals surface area contributed by atoms with Crippen molar-refractivity contribution in [1.29, 1.82) is 0 Å². The summed E-state index contributed by atoms with van der Waals surface area (Å²) in [4.78, 5) is 12.9. The van der Waals surface area contributed by atoms with Gasteiger partial charge >= 0.3 is 0 Å². The molecule has 1 aliphatic heterocycles. The quantitative estimate of drug-likeness (QED) is 0.618. The van der Waals surface area contributed by atoms with Gasteiger partial charge in [-0.05, 0) is 56.4 Å². The third-order valence-electron chi connectivity index (χ3n) is 5.37. The van der Waals surface area contributed by atoms with E-state index in [4.69, 9.17) is 11.6 Å². The molecule has 1 aliphatic rings. The molecular weight excluding hydrogens is 433 g/mol. The Morgan fingerprint density at radius 3 is 2.22 bits per heavy atom. The second kappa shape index (κ2) is 10.2. The van der Waals surface area contributed by atoms with E-state index in [1.807, 2.05) is 32.0 Å². The number of nitrogens with one attached hydrogen (secondary N) is 1. The maximum atomic E-state index is 12.9. The number of carbonyl (C=O) groups excluding carboxylic acids is 1. The molecule has 0 saturated carbocycles. The van der Waals surface area contributed by atoms with Crippen LogP contribution < -0.4 is 5.32 Å². The van der Waals surface area contributed by atoms with Crippen LogP contribution in [0.3, 0.4) is 0 Å². The van der Waals surface area contributed by atoms with E-state index in [-0.39, 0.29) is 38.6 Å². The number of hydrogen-bond acceptors (Lipinski definition) is 1. The molecule has 1 amide bonds. The van der Waals surface area contributed by atoms with E-state index < -0.39 is 0 Å². The Morgan fingerprint density at radius 1 is 1.04 bits per heavy atom. The number of likely N-dealkylation sites (tertiary alicyclic amines) is 1. The fourth-order valence-electron chi connectivity index (χ4n) is 4.12. The van der Waals surface area contributed by atoms with E-state index in [0.29, 0.717) is 11.6 Å². The minimum absolute atomic E-state index is 0. The molecular formula is C22H28ClN2OY+. The zero-order chi connectivity index (χ0) is 18.6. The summed E-state index contributed by atoms with van der Waals surface area (Å²) in [6.07, 6.45) is 3.66. The van der Waals surface area contributed by atoms with Gasteiger partial charge in [0.05, 0.1) is 13.1 Å². The van der Waals surface area contributed by atoms with Gasteiger partial charge in [0.2, 0.25) is 0 Å². The number of piperidine rings is 1. The maximum Gasteiger partial charge on any atom is 0.279 e. The van der Waals surface area contributed by atoms with E-state index >= 15 is 0 Å². The topological polar surface area (TPSA) is 29.1 Å². The number of rotatable bonds is 5. The fourth-order valence-corrected chi connectivity index (χ4v) is 4.44. The van der Waals surface area contributed by atoms with Crippen molar-refractivity contribution in [2.24, 2.45) is 0 Å². The summed E-state index contributed by atoms with van der Waals surface area (Å²) in [5.41, 5.74) is 4.23. The Balaban J connectivity index is 0.00000261. The van der Waals surface area contributed by atoms with E-state index in [0.717, 1.165) is 40.9 Å². The molecule has 2 aromatic carbocycles. The molecule has 1 N–H and O–H groups in total. The Kier molecular flexibility index (Phi) is 8.49. The molecule has 2 aromatic rings. The molecule has 0 unspecified atom stereocenters. The average Bonchev–Trinajstić information content (AvgIpc) is 2.59. The second-order valence-electron chi connectivity index (χ2n) is 7.61. The van der Waals surface area contributed by atoms with Gasteiger partial charge in [0.15, 0.2) is 6.54 Å². The second-order valence-corrected chi connectivity index (χ2v) is 8.05. The number of hydrogen-bond donors (Lipinski definition) is 1. The van der Waals surface area contributed by atoms with E-state index in [2.05, 4.69) is 29.6 Å². The van der Waals surface area contributed by atoms with E-state index in [9.17, 15) is 4.79 Å². The summed E-state index contributed by atoms with van der Waals surface area (Å²) >= 11 is 6.11. The van der Waals surface area contributed by atoms with Crippen molar-refractivity contribution in [2.45, 2.75) is 39.7 Å². The first kappa shape index (κ1) is 22.6. The first-order chi connectivity index (χ1) is 12.5. The maximum absolute atomic E-state index is 12.9. The van der Waals surface area contributed by atoms with Gasteiger partial charge < -0.3 is 9.80 Å². The van der Waals surface area contributed by atoms with Gasteiger partial charge in [-0.2, -0.15) is 0 Å². The molecule has 5 heteroatoms. The molecule has 141 valence electrons. The molecule has 0 spiro atoms. The summed E-state index contributed by atoms with van der Waals surface area (Å²) in [5.74, 6) is 0.0938. The van der Waals surface area contributed by atoms with Gasteiger partial charge in [0, 0.05) is 49.0 Å². The van der Waals surface area contributed by atoms with Gasteiger partial charge in [-0.25, -0.2) is 0 Å². The summed E-state index contributed by atoms with van der Waals surface area (Å²) in [6, 6.07) is 14.3. The van der Waals surface area contributed by atoms with Crippen LogP contribution >= 0.6 is 11.6 Å². The molecule has 1 fully saturated rings. The standard InChI is InChI=1S/C22H27ClN2O.Y/c1-17-13-20(23)14-18(2)22(17)24-21(26)16-25(11-7-4-8-12-25)15-19-9-5-3-6-10-19;/h3,5-6,9-10,13-14H,4,7-8,11-12,15-16H2,1-2H3;/p+1. The number of amides is 1. The predicted molar refractivity (Wildman–Crippen MR) is 108 cm³/mol. The van der Waals surface area contributed by atoms with Crippen molar-refractivity contribution in [1.82, 2.24) is 0 Å². The van der Waals surface area contributed by atoms with Crippen molar-refractivity contribution in [3.05, 3.63) is 64.2 Å². The minimum Gasteiger partial charge on any atom is -0.321 e. The molecule has 0 aromatic heterocycles. The van der Waals surface area contributed by atoms with Crippen LogP contribution in [-0.4, -0.2) is 30.0 Å². The number of halogens is 1. The predicted octanol–water partition coefficient (Wildman–Crippen LogP) is 5.09. The van der Waals surface area contributed by atoms with Gasteiger partial charge in [0.1, 0.15) is 6.54 Å². The normalized spacial score (nSPS) is 15.7. The fraction of sp³-hybridized carbons (Fsp3) is 0.409. The van der Waals surface area contributed by atoms with Gasteiger partial charge in [-0.15, -0.1) is 0 Å².